The molecule has 0 saturated heterocycles. The summed E-state index contributed by atoms with van der Waals surface area (Å²) >= 11 is 0. The van der Waals surface area contributed by atoms with Gasteiger partial charge in [0.1, 0.15) is 5.84 Å². The molecule has 0 spiro atoms. The number of nitrogens with one attached hydrogen (secondary N) is 4. The van der Waals surface area contributed by atoms with Gasteiger partial charge in [-0.15, -0.1) is 0 Å². The summed E-state index contributed by atoms with van der Waals surface area (Å²) in [7, 11) is 1.26. The number of nitrogens with two attached hydrogens (primary N) is 1. The molecule has 3 aromatic rings. The third-order valence-corrected chi connectivity index (χ3v) is 5.87. The zero-order valence-corrected chi connectivity index (χ0v) is 21.9. The van der Waals surface area contributed by atoms with E-state index >= 15 is 0 Å². The van der Waals surface area contributed by atoms with Crippen molar-refractivity contribution in [3.63, 3.8) is 0 Å². The van der Waals surface area contributed by atoms with Crippen molar-refractivity contribution in [1.29, 1.82) is 5.41 Å². The Kier molecular flexibility index (Phi) is 10.3. The van der Waals surface area contributed by atoms with E-state index in [4.69, 9.17) is 11.1 Å². The highest BCUT2D eigenvalue weighted by Gasteiger charge is 2.18. The molecule has 0 unspecified atom stereocenters. The summed E-state index contributed by atoms with van der Waals surface area (Å²) in [6.07, 6.45) is 8.13. The predicted octanol–water partition coefficient (Wildman–Crippen LogP) is 5.00. The number of anilines is 2. The van der Waals surface area contributed by atoms with Crippen LogP contribution in [-0.4, -0.2) is 36.3 Å². The number of methoxy groups -OCH3 is 1. The van der Waals surface area contributed by atoms with E-state index in [0.29, 0.717) is 46.6 Å². The van der Waals surface area contributed by atoms with Crippen LogP contribution in [0.4, 0.5) is 16.2 Å². The fourth-order valence-corrected chi connectivity index (χ4v) is 3.85. The lowest BCUT2D eigenvalue weighted by Gasteiger charge is -2.19. The van der Waals surface area contributed by atoms with Crippen molar-refractivity contribution >= 4 is 35.6 Å². The maximum Gasteiger partial charge on any atom is 0.411 e. The van der Waals surface area contributed by atoms with Crippen LogP contribution in [0.15, 0.2) is 72.9 Å². The minimum absolute atomic E-state index is 0.0699. The first-order valence-corrected chi connectivity index (χ1v) is 12.4. The molecule has 0 saturated carbocycles. The highest BCUT2D eigenvalue weighted by Crippen LogP contribution is 2.32. The lowest BCUT2D eigenvalue weighted by molar-refractivity contribution is -0.105. The second kappa shape index (κ2) is 14.1. The molecule has 202 valence electrons. The second-order valence-electron chi connectivity index (χ2n) is 8.62. The summed E-state index contributed by atoms with van der Waals surface area (Å²) in [6.45, 7) is 2.09. The average molecular weight is 529 g/mol. The molecular weight excluding hydrogens is 496 g/mol. The van der Waals surface area contributed by atoms with Gasteiger partial charge < -0.3 is 21.1 Å². The van der Waals surface area contributed by atoms with Crippen LogP contribution in [0.3, 0.4) is 0 Å². The maximum atomic E-state index is 13.1. The van der Waals surface area contributed by atoms with Gasteiger partial charge in [0, 0.05) is 28.6 Å². The summed E-state index contributed by atoms with van der Waals surface area (Å²) in [5, 5.41) is 15.9. The summed E-state index contributed by atoms with van der Waals surface area (Å²) in [5.74, 6) is -0.354. The minimum Gasteiger partial charge on any atom is -0.453 e. The number of hydrogen-bond donors (Lipinski definition) is 5. The van der Waals surface area contributed by atoms with Crippen molar-refractivity contribution in [3.05, 3.63) is 89.8 Å². The number of amides is 3. The Balaban J connectivity index is 1.93. The van der Waals surface area contributed by atoms with Gasteiger partial charge in [0.05, 0.1) is 24.5 Å². The summed E-state index contributed by atoms with van der Waals surface area (Å²) in [4.78, 5) is 40.5. The average Bonchev–Trinajstić information content (AvgIpc) is 2.95. The quantitative estimate of drug-likeness (QED) is 0.0963. The zero-order valence-electron chi connectivity index (χ0n) is 21.9. The Morgan fingerprint density at radius 3 is 2.49 bits per heavy atom. The number of amidine groups is 1. The lowest BCUT2D eigenvalue weighted by atomic mass is 10.00. The number of hydrogen-bond acceptors (Lipinski definition) is 6. The number of carbonyl (C=O) groups is 3. The van der Waals surface area contributed by atoms with E-state index in [9.17, 15) is 14.4 Å². The van der Waals surface area contributed by atoms with Gasteiger partial charge >= 0.3 is 6.09 Å². The van der Waals surface area contributed by atoms with Crippen molar-refractivity contribution < 1.29 is 19.1 Å². The van der Waals surface area contributed by atoms with Gasteiger partial charge in [0.15, 0.2) is 0 Å². The van der Waals surface area contributed by atoms with E-state index in [1.54, 1.807) is 54.7 Å². The molecule has 1 heterocycles. The number of unbranched alkanes of at least 4 members (excludes halogenated alkanes) is 1. The molecule has 3 rings (SSSR count). The SMILES string of the molecule is CCC/C=C/C[C@H](NC(=O)c1ccc(C(=N)N)cc1)c1cc(-c2ccc(NC(=O)OC)cc2NC=O)ccn1. The fourth-order valence-electron chi connectivity index (χ4n) is 3.85. The normalized spacial score (nSPS) is 11.4. The van der Waals surface area contributed by atoms with E-state index in [0.717, 1.165) is 18.4 Å². The van der Waals surface area contributed by atoms with Crippen LogP contribution >= 0.6 is 0 Å². The van der Waals surface area contributed by atoms with Gasteiger partial charge in [-0.1, -0.05) is 43.7 Å². The van der Waals surface area contributed by atoms with Gasteiger partial charge in [-0.3, -0.25) is 25.3 Å². The highest BCUT2D eigenvalue weighted by atomic mass is 16.5. The van der Waals surface area contributed by atoms with Crippen molar-refractivity contribution in [2.24, 2.45) is 5.73 Å². The van der Waals surface area contributed by atoms with E-state index in [2.05, 4.69) is 38.7 Å². The number of ether oxygens (including phenoxy) is 1. The Morgan fingerprint density at radius 1 is 1.08 bits per heavy atom. The molecule has 2 aromatic carbocycles. The van der Waals surface area contributed by atoms with E-state index in [1.807, 2.05) is 12.1 Å². The Bertz CT molecular complexity index is 1350. The van der Waals surface area contributed by atoms with Crippen molar-refractivity contribution in [3.8, 4) is 11.1 Å². The number of rotatable bonds is 12. The molecule has 6 N–H and O–H groups in total. The monoisotopic (exact) mass is 528 g/mol. The molecule has 1 atom stereocenters. The van der Waals surface area contributed by atoms with Crippen LogP contribution < -0.4 is 21.7 Å². The summed E-state index contributed by atoms with van der Waals surface area (Å²) in [6, 6.07) is 14.8. The standard InChI is InChI=1S/C29H32N6O4/c1-3-4-5-6-7-24(35-28(37)20-10-8-19(9-11-20)27(30)31)26-16-21(14-15-32-26)23-13-12-22(34-29(38)39-2)17-25(23)33-18-36/h5-6,8-18,24H,3-4,7H2,1-2H3,(H3,30,31)(H,33,36)(H,34,38)(H,35,37)/b6-5+/t24-/m0/s1. The first-order chi connectivity index (χ1) is 18.9. The van der Waals surface area contributed by atoms with Crippen LogP contribution in [-0.2, 0) is 9.53 Å². The van der Waals surface area contributed by atoms with E-state index < -0.39 is 12.1 Å². The third-order valence-electron chi connectivity index (χ3n) is 5.87. The Morgan fingerprint density at radius 2 is 1.82 bits per heavy atom. The number of nitrogens with zero attached hydrogens (tertiary/aromatic N) is 1. The number of benzene rings is 2. The molecule has 1 aromatic heterocycles. The molecule has 3 amide bonds. The third kappa shape index (κ3) is 8.00. The molecular formula is C29H32N6O4. The van der Waals surface area contributed by atoms with Gasteiger partial charge in [0.25, 0.3) is 5.91 Å². The maximum absolute atomic E-state index is 13.1. The first-order valence-electron chi connectivity index (χ1n) is 12.4. The summed E-state index contributed by atoms with van der Waals surface area (Å²) < 4.78 is 4.63. The topological polar surface area (TPSA) is 159 Å². The molecule has 0 radical (unpaired) electrons. The van der Waals surface area contributed by atoms with Crippen LogP contribution in [0.2, 0.25) is 0 Å². The fraction of sp³-hybridized carbons (Fsp3) is 0.207. The summed E-state index contributed by atoms with van der Waals surface area (Å²) in [5.41, 5.74) is 9.52. The largest absolute Gasteiger partial charge is 0.453 e. The molecule has 0 fully saturated rings. The smallest absolute Gasteiger partial charge is 0.411 e. The first kappa shape index (κ1) is 28.6. The van der Waals surface area contributed by atoms with Gasteiger partial charge in [-0.05, 0) is 54.8 Å². The van der Waals surface area contributed by atoms with Crippen LogP contribution in [0.1, 0.15) is 53.8 Å². The number of aromatic nitrogens is 1. The van der Waals surface area contributed by atoms with Gasteiger partial charge in [-0.2, -0.15) is 0 Å². The number of nitrogen functional groups attached to an aromatic ring is 1. The lowest BCUT2D eigenvalue weighted by Crippen LogP contribution is -2.29. The Labute approximate surface area is 227 Å². The highest BCUT2D eigenvalue weighted by molar-refractivity contribution is 5.98. The second-order valence-corrected chi connectivity index (χ2v) is 8.62. The van der Waals surface area contributed by atoms with Crippen LogP contribution in [0, 0.1) is 5.41 Å². The molecule has 10 heteroatoms. The molecule has 10 nitrogen and oxygen atoms in total. The molecule has 0 bridgehead atoms. The molecule has 0 aliphatic carbocycles. The molecule has 0 aliphatic rings. The molecule has 0 aliphatic heterocycles. The molecule has 39 heavy (non-hydrogen) atoms. The van der Waals surface area contributed by atoms with E-state index in [-0.39, 0.29) is 11.7 Å². The number of carbonyl (C=O) groups excluding carboxylic acids is 3. The van der Waals surface area contributed by atoms with Crippen molar-refractivity contribution in [1.82, 2.24) is 10.3 Å². The minimum atomic E-state index is -0.628. The predicted molar refractivity (Wildman–Crippen MR) is 152 cm³/mol. The van der Waals surface area contributed by atoms with Gasteiger partial charge in [0.2, 0.25) is 6.41 Å². The van der Waals surface area contributed by atoms with Crippen molar-refractivity contribution in [2.45, 2.75) is 32.2 Å². The van der Waals surface area contributed by atoms with Crippen LogP contribution in [0.5, 0.6) is 0 Å². The number of pyridine rings is 1. The van der Waals surface area contributed by atoms with Crippen molar-refractivity contribution in [2.75, 3.05) is 17.7 Å². The zero-order chi connectivity index (χ0) is 28.2. The van der Waals surface area contributed by atoms with Gasteiger partial charge in [-0.25, -0.2) is 4.79 Å². The van der Waals surface area contributed by atoms with E-state index in [1.165, 1.54) is 7.11 Å². The van der Waals surface area contributed by atoms with Crippen LogP contribution in [0.25, 0.3) is 11.1 Å². The Hall–Kier alpha value is -4.99. The number of allylic oxidation sites excluding steroid dienone is 1.